The summed E-state index contributed by atoms with van der Waals surface area (Å²) >= 11 is 0. The lowest BCUT2D eigenvalue weighted by molar-refractivity contribution is -0.0498. The van der Waals surface area contributed by atoms with E-state index in [4.69, 9.17) is 9.47 Å². The summed E-state index contributed by atoms with van der Waals surface area (Å²) in [6.07, 6.45) is -0.802. The Bertz CT molecular complexity index is 1260. The Morgan fingerprint density at radius 3 is 2.64 bits per heavy atom. The standard InChI is InChI=1S/C22H25F2N7O5/c1-11-16(32)17(33)20(35-11)31-18-15(29-22(31)28-13-7-27-30(2)8-13)19(26-10-25-18)34-9-12-3-5-14(6-4-12)36-21(23)24/h3-7,10-11,16-17,20-21,27,32-33H,8-9H2,1-2H3,(H,28,29)/t11-,16-,17-,20-/m1/s1. The van der Waals surface area contributed by atoms with Gasteiger partial charge >= 0.3 is 6.61 Å². The summed E-state index contributed by atoms with van der Waals surface area (Å²) in [7, 11) is 1.87. The molecule has 1 saturated heterocycles. The summed E-state index contributed by atoms with van der Waals surface area (Å²) < 4.78 is 42.4. The highest BCUT2D eigenvalue weighted by atomic mass is 19.3. The number of benzene rings is 1. The van der Waals surface area contributed by atoms with Crippen molar-refractivity contribution in [1.82, 2.24) is 30.0 Å². The van der Waals surface area contributed by atoms with Crippen molar-refractivity contribution < 1.29 is 33.2 Å². The number of aromatic nitrogens is 4. The molecule has 2 aliphatic rings. The number of hydrogen-bond donors (Lipinski definition) is 4. The Balaban J connectivity index is 1.45. The van der Waals surface area contributed by atoms with E-state index < -0.39 is 31.2 Å². The van der Waals surface area contributed by atoms with Gasteiger partial charge in [0.15, 0.2) is 17.4 Å². The van der Waals surface area contributed by atoms with Crippen molar-refractivity contribution >= 4 is 17.1 Å². The van der Waals surface area contributed by atoms with Crippen LogP contribution in [0.2, 0.25) is 0 Å². The number of nitrogens with one attached hydrogen (secondary N) is 2. The fourth-order valence-electron chi connectivity index (χ4n) is 4.04. The minimum Gasteiger partial charge on any atom is -0.471 e. The van der Waals surface area contributed by atoms with E-state index >= 15 is 0 Å². The van der Waals surface area contributed by atoms with Crippen LogP contribution in [0.4, 0.5) is 14.7 Å². The van der Waals surface area contributed by atoms with Gasteiger partial charge in [0.2, 0.25) is 11.8 Å². The van der Waals surface area contributed by atoms with Crippen LogP contribution in [0.3, 0.4) is 0 Å². The zero-order valence-corrected chi connectivity index (χ0v) is 19.4. The van der Waals surface area contributed by atoms with Crippen molar-refractivity contribution in [1.29, 1.82) is 0 Å². The van der Waals surface area contributed by atoms with Gasteiger partial charge in [-0.15, -0.1) is 0 Å². The van der Waals surface area contributed by atoms with Gasteiger partial charge in [-0.1, -0.05) is 12.1 Å². The molecule has 1 fully saturated rings. The second-order valence-electron chi connectivity index (χ2n) is 8.46. The number of likely N-dealkylation sites (N-methyl/N-ethyl adjacent to an activating group) is 1. The van der Waals surface area contributed by atoms with Crippen LogP contribution in [-0.2, 0) is 11.3 Å². The maximum Gasteiger partial charge on any atom is 0.387 e. The normalized spacial score (nSPS) is 24.2. The number of aliphatic hydroxyl groups is 2. The van der Waals surface area contributed by atoms with Crippen LogP contribution in [0, 0.1) is 0 Å². The first-order valence-electron chi connectivity index (χ1n) is 11.1. The van der Waals surface area contributed by atoms with Gasteiger partial charge in [0.05, 0.1) is 18.3 Å². The minimum absolute atomic E-state index is 0.0422. The first kappa shape index (κ1) is 24.1. The molecule has 4 heterocycles. The number of rotatable bonds is 8. The van der Waals surface area contributed by atoms with E-state index in [1.807, 2.05) is 12.1 Å². The Labute approximate surface area is 204 Å². The van der Waals surface area contributed by atoms with Gasteiger partial charge in [0.1, 0.15) is 30.9 Å². The summed E-state index contributed by atoms with van der Waals surface area (Å²) in [6.45, 7) is -0.590. The maximum absolute atomic E-state index is 12.4. The number of fused-ring (bicyclic) bond motifs is 1. The van der Waals surface area contributed by atoms with Crippen molar-refractivity contribution in [3.05, 3.63) is 48.1 Å². The number of alkyl halides is 2. The molecule has 4 N–H and O–H groups in total. The molecule has 0 aliphatic carbocycles. The Morgan fingerprint density at radius 1 is 1.22 bits per heavy atom. The molecule has 2 aliphatic heterocycles. The van der Waals surface area contributed by atoms with Crippen molar-refractivity contribution in [3.63, 3.8) is 0 Å². The zero-order valence-electron chi connectivity index (χ0n) is 19.4. The molecule has 4 atom stereocenters. The first-order chi connectivity index (χ1) is 17.3. The summed E-state index contributed by atoms with van der Waals surface area (Å²) in [4.78, 5) is 13.2. The van der Waals surface area contributed by atoms with Gasteiger partial charge in [-0.3, -0.25) is 4.57 Å². The molecule has 36 heavy (non-hydrogen) atoms. The Morgan fingerprint density at radius 2 is 2.00 bits per heavy atom. The maximum atomic E-state index is 12.4. The van der Waals surface area contributed by atoms with Crippen LogP contribution in [-0.4, -0.2) is 73.3 Å². The molecule has 12 nitrogen and oxygen atoms in total. The molecule has 1 aromatic carbocycles. The van der Waals surface area contributed by atoms with Gasteiger partial charge in [-0.05, 0) is 24.6 Å². The summed E-state index contributed by atoms with van der Waals surface area (Å²) in [5.74, 6) is 0.532. The molecule has 2 aromatic heterocycles. The molecule has 3 aromatic rings. The highest BCUT2D eigenvalue weighted by molar-refractivity contribution is 5.80. The number of anilines is 1. The molecule has 0 amide bonds. The largest absolute Gasteiger partial charge is 0.471 e. The zero-order chi connectivity index (χ0) is 25.4. The van der Waals surface area contributed by atoms with Crippen molar-refractivity contribution in [3.8, 4) is 11.6 Å². The quantitative estimate of drug-likeness (QED) is 0.353. The van der Waals surface area contributed by atoms with E-state index in [-0.39, 0.29) is 18.2 Å². The minimum atomic E-state index is -2.90. The highest BCUT2D eigenvalue weighted by Gasteiger charge is 2.43. The third-order valence-corrected chi connectivity index (χ3v) is 5.84. The lowest BCUT2D eigenvalue weighted by Gasteiger charge is -2.20. The summed E-state index contributed by atoms with van der Waals surface area (Å²) in [6, 6.07) is 6.04. The molecule has 0 unspecified atom stereocenters. The number of hydrogen-bond acceptors (Lipinski definition) is 11. The predicted octanol–water partition coefficient (Wildman–Crippen LogP) is 1.35. The van der Waals surface area contributed by atoms with E-state index in [1.54, 1.807) is 29.8 Å². The number of halogens is 2. The fraction of sp³-hybridized carbons (Fsp3) is 0.409. The molecule has 0 bridgehead atoms. The second-order valence-corrected chi connectivity index (χ2v) is 8.46. The number of ether oxygens (including phenoxy) is 3. The van der Waals surface area contributed by atoms with Gasteiger partial charge < -0.3 is 35.2 Å². The van der Waals surface area contributed by atoms with Gasteiger partial charge in [0.25, 0.3) is 0 Å². The van der Waals surface area contributed by atoms with E-state index in [1.165, 1.54) is 18.5 Å². The van der Waals surface area contributed by atoms with Crippen LogP contribution in [0.15, 0.2) is 42.5 Å². The molecular weight excluding hydrogens is 480 g/mol. The van der Waals surface area contributed by atoms with E-state index in [0.717, 1.165) is 5.70 Å². The van der Waals surface area contributed by atoms with Crippen LogP contribution in [0.5, 0.6) is 11.6 Å². The molecule has 192 valence electrons. The van der Waals surface area contributed by atoms with E-state index in [9.17, 15) is 19.0 Å². The smallest absolute Gasteiger partial charge is 0.387 e. The SMILES string of the molecule is C[C@H]1O[C@@H](n2c(NC3=CNN(C)C3)nc3c(OCc4ccc(OC(F)F)cc4)ncnc32)[C@H](O)[C@@H]1O. The molecule has 5 rings (SSSR count). The molecule has 0 radical (unpaired) electrons. The van der Waals surface area contributed by atoms with E-state index in [0.29, 0.717) is 29.2 Å². The summed E-state index contributed by atoms with van der Waals surface area (Å²) in [5.41, 5.74) is 5.18. The number of hydrazine groups is 1. The monoisotopic (exact) mass is 505 g/mol. The van der Waals surface area contributed by atoms with Crippen LogP contribution in [0.1, 0.15) is 18.7 Å². The van der Waals surface area contributed by atoms with Crippen LogP contribution in [0.25, 0.3) is 11.2 Å². The summed E-state index contributed by atoms with van der Waals surface area (Å²) in [5, 5.41) is 26.0. The molecular formula is C22H25F2N7O5. The number of aliphatic hydroxyl groups excluding tert-OH is 2. The number of imidazole rings is 1. The molecule has 0 spiro atoms. The second kappa shape index (κ2) is 9.81. The number of nitrogens with zero attached hydrogens (tertiary/aromatic N) is 5. The van der Waals surface area contributed by atoms with Gasteiger partial charge in [-0.2, -0.15) is 13.8 Å². The molecule has 14 heteroatoms. The predicted molar refractivity (Wildman–Crippen MR) is 122 cm³/mol. The van der Waals surface area contributed by atoms with Crippen molar-refractivity contribution in [2.45, 2.75) is 44.7 Å². The lowest BCUT2D eigenvalue weighted by atomic mass is 10.1. The van der Waals surface area contributed by atoms with Crippen molar-refractivity contribution in [2.75, 3.05) is 18.9 Å². The lowest BCUT2D eigenvalue weighted by Crippen LogP contribution is -2.31. The van der Waals surface area contributed by atoms with Crippen LogP contribution >= 0.6 is 0 Å². The van der Waals surface area contributed by atoms with Gasteiger partial charge in [0, 0.05) is 13.2 Å². The van der Waals surface area contributed by atoms with Gasteiger partial charge in [-0.25, -0.2) is 15.0 Å². The average Bonchev–Trinajstić information content (AvgIpc) is 3.50. The Kier molecular flexibility index (Phi) is 6.57. The topological polar surface area (TPSA) is 139 Å². The Hall–Kier alpha value is -3.59. The van der Waals surface area contributed by atoms with E-state index in [2.05, 4.69) is 30.4 Å². The average molecular weight is 505 g/mol. The van der Waals surface area contributed by atoms with Crippen molar-refractivity contribution in [2.24, 2.45) is 0 Å². The fourth-order valence-corrected chi connectivity index (χ4v) is 4.04. The highest BCUT2D eigenvalue weighted by Crippen LogP contribution is 2.36. The molecule has 0 saturated carbocycles. The first-order valence-corrected chi connectivity index (χ1v) is 11.1. The van der Waals surface area contributed by atoms with Crippen LogP contribution < -0.4 is 20.2 Å². The third kappa shape index (κ3) is 4.75. The third-order valence-electron chi connectivity index (χ3n) is 5.84.